The van der Waals surface area contributed by atoms with Crippen molar-refractivity contribution < 1.29 is 41.0 Å². The Morgan fingerprint density at radius 2 is 1.67 bits per heavy atom. The van der Waals surface area contributed by atoms with Gasteiger partial charge in [0.1, 0.15) is 17.9 Å². The number of aromatic nitrogens is 3. The first-order valence-electron chi connectivity index (χ1n) is 15.8. The average Bonchev–Trinajstić information content (AvgIpc) is 3.83. The van der Waals surface area contributed by atoms with Crippen LogP contribution in [-0.4, -0.2) is 51.2 Å². The van der Waals surface area contributed by atoms with Crippen molar-refractivity contribution in [3.63, 3.8) is 0 Å². The van der Waals surface area contributed by atoms with Crippen molar-refractivity contribution in [2.45, 2.75) is 57.7 Å². The summed E-state index contributed by atoms with van der Waals surface area (Å²) < 4.78 is 81.0. The molecule has 1 saturated carbocycles. The van der Waals surface area contributed by atoms with Crippen LogP contribution in [0, 0.1) is 5.92 Å². The summed E-state index contributed by atoms with van der Waals surface area (Å²) in [4.78, 5) is 31.0. The number of carbonyl (C=O) groups is 2. The summed E-state index contributed by atoms with van der Waals surface area (Å²) in [5.41, 5.74) is -0.338. The van der Waals surface area contributed by atoms with E-state index in [2.05, 4.69) is 10.1 Å². The molecule has 0 spiro atoms. The number of amides is 1. The third-order valence-corrected chi connectivity index (χ3v) is 8.57. The molecule has 0 N–H and O–H groups in total. The van der Waals surface area contributed by atoms with E-state index in [9.17, 15) is 31.5 Å². The SMILES string of the molecule is CCOC(=O)c1cn(-c2cccc(-c3cccc(C(F)F)c3OCc3ccc(C4CCN(C(=O)C5CC5)CC4)cc3)n2)nc1C(F)(F)F. The Morgan fingerprint density at radius 1 is 0.958 bits per heavy atom. The largest absolute Gasteiger partial charge is 0.488 e. The van der Waals surface area contributed by atoms with E-state index < -0.39 is 29.8 Å². The number of hydrogen-bond acceptors (Lipinski definition) is 6. The van der Waals surface area contributed by atoms with E-state index >= 15 is 0 Å². The highest BCUT2D eigenvalue weighted by molar-refractivity contribution is 5.90. The zero-order chi connectivity index (χ0) is 34.0. The minimum Gasteiger partial charge on any atom is -0.488 e. The van der Waals surface area contributed by atoms with Gasteiger partial charge in [-0.2, -0.15) is 18.3 Å². The van der Waals surface area contributed by atoms with Crippen LogP contribution in [0.5, 0.6) is 5.75 Å². The molecule has 4 aromatic rings. The maximum absolute atomic E-state index is 14.2. The molecule has 0 unspecified atom stereocenters. The summed E-state index contributed by atoms with van der Waals surface area (Å²) in [6.45, 7) is 2.79. The third kappa shape index (κ3) is 7.19. The predicted octanol–water partition coefficient (Wildman–Crippen LogP) is 7.76. The average molecular weight is 669 g/mol. The molecule has 252 valence electrons. The first-order valence-corrected chi connectivity index (χ1v) is 15.8. The van der Waals surface area contributed by atoms with Crippen LogP contribution in [-0.2, 0) is 22.3 Å². The summed E-state index contributed by atoms with van der Waals surface area (Å²) >= 11 is 0. The Bertz CT molecular complexity index is 1780. The normalized spacial score (nSPS) is 15.5. The van der Waals surface area contributed by atoms with E-state index in [4.69, 9.17) is 9.47 Å². The zero-order valence-corrected chi connectivity index (χ0v) is 26.1. The van der Waals surface area contributed by atoms with Crippen LogP contribution in [0.15, 0.2) is 66.9 Å². The van der Waals surface area contributed by atoms with Crippen LogP contribution in [0.4, 0.5) is 22.0 Å². The van der Waals surface area contributed by atoms with Gasteiger partial charge in [-0.3, -0.25) is 4.79 Å². The summed E-state index contributed by atoms with van der Waals surface area (Å²) in [7, 11) is 0. The Kier molecular flexibility index (Phi) is 9.47. The fourth-order valence-electron chi connectivity index (χ4n) is 5.91. The van der Waals surface area contributed by atoms with Crippen molar-refractivity contribution in [3.05, 3.63) is 94.8 Å². The minimum absolute atomic E-state index is 0.0258. The zero-order valence-electron chi connectivity index (χ0n) is 26.1. The highest BCUT2D eigenvalue weighted by atomic mass is 19.4. The second kappa shape index (κ2) is 13.7. The van der Waals surface area contributed by atoms with Crippen molar-refractivity contribution in [3.8, 4) is 22.8 Å². The van der Waals surface area contributed by atoms with Gasteiger partial charge < -0.3 is 14.4 Å². The van der Waals surface area contributed by atoms with Crippen molar-refractivity contribution >= 4 is 11.9 Å². The topological polar surface area (TPSA) is 86.5 Å². The van der Waals surface area contributed by atoms with Gasteiger partial charge in [0.2, 0.25) is 5.91 Å². The number of likely N-dealkylation sites (tertiary alicyclic amines) is 1. The minimum atomic E-state index is -4.94. The molecule has 0 bridgehead atoms. The van der Waals surface area contributed by atoms with Crippen LogP contribution in [0.25, 0.3) is 17.1 Å². The van der Waals surface area contributed by atoms with Crippen molar-refractivity contribution in [1.82, 2.24) is 19.7 Å². The third-order valence-electron chi connectivity index (χ3n) is 8.57. The lowest BCUT2D eigenvalue weighted by Crippen LogP contribution is -2.38. The molecule has 8 nitrogen and oxygen atoms in total. The summed E-state index contributed by atoms with van der Waals surface area (Å²) in [6.07, 6.45) is -3.20. The monoisotopic (exact) mass is 668 g/mol. The number of halogens is 5. The summed E-state index contributed by atoms with van der Waals surface area (Å²) in [6, 6.07) is 16.3. The maximum atomic E-state index is 14.2. The van der Waals surface area contributed by atoms with Crippen LogP contribution in [0.3, 0.4) is 0 Å². The van der Waals surface area contributed by atoms with Crippen molar-refractivity contribution in [2.75, 3.05) is 19.7 Å². The van der Waals surface area contributed by atoms with Gasteiger partial charge >= 0.3 is 12.1 Å². The fourth-order valence-corrected chi connectivity index (χ4v) is 5.91. The van der Waals surface area contributed by atoms with E-state index in [0.29, 0.717) is 5.92 Å². The smallest absolute Gasteiger partial charge is 0.436 e. The van der Waals surface area contributed by atoms with E-state index in [0.717, 1.165) is 60.8 Å². The molecule has 3 heterocycles. The molecule has 0 atom stereocenters. The molecule has 2 aliphatic rings. The van der Waals surface area contributed by atoms with Crippen LogP contribution >= 0.6 is 0 Å². The van der Waals surface area contributed by atoms with E-state index in [1.165, 1.54) is 43.3 Å². The standard InChI is InChI=1S/C35H33F5N4O4/c1-2-47-34(46)27-19-44(42-31(27)35(38,39)40)29-8-4-7-28(41-29)25-5-3-6-26(32(36)37)30(25)48-20-21-9-11-22(12-10-21)23-15-17-43(18-16-23)33(45)24-13-14-24/h3-12,19,23-24,32H,2,13-18,20H2,1H3. The lowest BCUT2D eigenvalue weighted by atomic mass is 9.89. The molecule has 0 radical (unpaired) electrons. The molecule has 2 fully saturated rings. The first-order chi connectivity index (χ1) is 23.0. The van der Waals surface area contributed by atoms with E-state index in [1.54, 1.807) is 0 Å². The van der Waals surface area contributed by atoms with Gasteiger partial charge in [-0.25, -0.2) is 23.2 Å². The molecule has 1 amide bonds. The molecule has 2 aromatic carbocycles. The van der Waals surface area contributed by atoms with Gasteiger partial charge in [0.05, 0.1) is 17.9 Å². The quantitative estimate of drug-likeness (QED) is 0.127. The molecule has 6 rings (SSSR count). The number of pyridine rings is 1. The molecule has 1 saturated heterocycles. The molecule has 1 aliphatic heterocycles. The molecule has 48 heavy (non-hydrogen) atoms. The van der Waals surface area contributed by atoms with Gasteiger partial charge in [0.25, 0.3) is 6.43 Å². The molecular weight excluding hydrogens is 635 g/mol. The first kappa shape index (κ1) is 33.1. The summed E-state index contributed by atoms with van der Waals surface area (Å²) in [5, 5.41) is 3.56. The Morgan fingerprint density at radius 3 is 2.31 bits per heavy atom. The number of carbonyl (C=O) groups excluding carboxylic acids is 2. The van der Waals surface area contributed by atoms with Crippen molar-refractivity contribution in [2.24, 2.45) is 5.92 Å². The highest BCUT2D eigenvalue weighted by Crippen LogP contribution is 2.39. The number of nitrogens with zero attached hydrogens (tertiary/aromatic N) is 4. The second-order valence-electron chi connectivity index (χ2n) is 11.9. The number of esters is 1. The number of para-hydroxylation sites is 1. The van der Waals surface area contributed by atoms with Gasteiger partial charge in [-0.15, -0.1) is 0 Å². The number of ether oxygens (including phenoxy) is 2. The van der Waals surface area contributed by atoms with E-state index in [1.807, 2.05) is 29.2 Å². The Labute approximate surface area is 273 Å². The highest BCUT2D eigenvalue weighted by Gasteiger charge is 2.40. The number of alkyl halides is 5. The van der Waals surface area contributed by atoms with Gasteiger partial charge in [0, 0.05) is 30.8 Å². The molecular formula is C35H33F5N4O4. The molecule has 1 aliphatic carbocycles. The predicted molar refractivity (Wildman–Crippen MR) is 165 cm³/mol. The number of piperidine rings is 1. The van der Waals surface area contributed by atoms with Crippen LogP contribution in [0.1, 0.15) is 77.7 Å². The molecule has 13 heteroatoms. The maximum Gasteiger partial charge on any atom is 0.436 e. The number of rotatable bonds is 10. The lowest BCUT2D eigenvalue weighted by molar-refractivity contribution is -0.142. The lowest BCUT2D eigenvalue weighted by Gasteiger charge is -2.32. The molecule has 2 aromatic heterocycles. The number of hydrogen-bond donors (Lipinski definition) is 0. The Hall–Kier alpha value is -4.81. The van der Waals surface area contributed by atoms with Gasteiger partial charge in [-0.05, 0) is 73.9 Å². The van der Waals surface area contributed by atoms with Gasteiger partial charge in [-0.1, -0.05) is 36.4 Å². The van der Waals surface area contributed by atoms with Gasteiger partial charge in [0.15, 0.2) is 11.5 Å². The summed E-state index contributed by atoms with van der Waals surface area (Å²) in [5.74, 6) is -0.580. The van der Waals surface area contributed by atoms with E-state index in [-0.39, 0.29) is 53.4 Å². The Balaban J connectivity index is 1.21. The number of benzene rings is 2. The van der Waals surface area contributed by atoms with Crippen LogP contribution < -0.4 is 4.74 Å². The van der Waals surface area contributed by atoms with Crippen molar-refractivity contribution in [1.29, 1.82) is 0 Å². The van der Waals surface area contributed by atoms with Crippen LogP contribution in [0.2, 0.25) is 0 Å². The fraction of sp³-hybridized carbons (Fsp3) is 0.371. The second-order valence-corrected chi connectivity index (χ2v) is 11.9.